The van der Waals surface area contributed by atoms with Gasteiger partial charge in [0, 0.05) is 5.57 Å². The quantitative estimate of drug-likeness (QED) is 0.709. The topological polar surface area (TPSA) is 37.3 Å². The van der Waals surface area contributed by atoms with E-state index in [-0.39, 0.29) is 11.4 Å². The summed E-state index contributed by atoms with van der Waals surface area (Å²) in [6.07, 6.45) is 1.42. The van der Waals surface area contributed by atoms with Gasteiger partial charge in [-0.1, -0.05) is 12.1 Å². The molecule has 0 heterocycles. The molecule has 0 saturated heterocycles. The molecule has 3 heteroatoms. The first kappa shape index (κ1) is 9.45. The summed E-state index contributed by atoms with van der Waals surface area (Å²) in [7, 11) is 0. The standard InChI is InChI=1S/C10H9FO2/c1-7(10(12)13)5-8-3-2-4-9(11)6-8/h2-6H,1H3,(H,12,13)/b7-5+. The summed E-state index contributed by atoms with van der Waals surface area (Å²) >= 11 is 0. The first-order chi connectivity index (χ1) is 6.09. The van der Waals surface area contributed by atoms with Gasteiger partial charge in [0.2, 0.25) is 0 Å². The number of carboxylic acids is 1. The molecule has 1 aromatic carbocycles. The van der Waals surface area contributed by atoms with E-state index in [4.69, 9.17) is 5.11 Å². The molecule has 1 rings (SSSR count). The largest absolute Gasteiger partial charge is 0.478 e. The Hall–Kier alpha value is -1.64. The van der Waals surface area contributed by atoms with Crippen LogP contribution in [0.25, 0.3) is 6.08 Å². The Balaban J connectivity index is 2.97. The normalized spacial score (nSPS) is 11.4. The number of carbonyl (C=O) groups is 1. The number of halogens is 1. The molecule has 0 radical (unpaired) electrons. The zero-order chi connectivity index (χ0) is 9.84. The molecule has 2 nitrogen and oxygen atoms in total. The van der Waals surface area contributed by atoms with E-state index in [0.29, 0.717) is 5.56 Å². The van der Waals surface area contributed by atoms with Crippen LogP contribution >= 0.6 is 0 Å². The van der Waals surface area contributed by atoms with Gasteiger partial charge < -0.3 is 5.11 Å². The SMILES string of the molecule is C/C(=C\c1cccc(F)c1)C(=O)O. The first-order valence-corrected chi connectivity index (χ1v) is 3.77. The fourth-order valence-electron chi connectivity index (χ4n) is 0.908. The minimum Gasteiger partial charge on any atom is -0.478 e. The molecule has 68 valence electrons. The van der Waals surface area contributed by atoms with Crippen molar-refractivity contribution in [3.05, 3.63) is 41.2 Å². The molecule has 0 atom stereocenters. The summed E-state index contributed by atoms with van der Waals surface area (Å²) in [6.45, 7) is 1.47. The van der Waals surface area contributed by atoms with Crippen molar-refractivity contribution in [3.63, 3.8) is 0 Å². The van der Waals surface area contributed by atoms with Gasteiger partial charge in [0.15, 0.2) is 0 Å². The van der Waals surface area contributed by atoms with Crippen LogP contribution in [0.4, 0.5) is 4.39 Å². The maximum absolute atomic E-state index is 12.6. The zero-order valence-corrected chi connectivity index (χ0v) is 7.12. The average molecular weight is 180 g/mol. The number of rotatable bonds is 2. The molecule has 1 aromatic rings. The highest BCUT2D eigenvalue weighted by atomic mass is 19.1. The van der Waals surface area contributed by atoms with Crippen molar-refractivity contribution in [1.82, 2.24) is 0 Å². The molecule has 13 heavy (non-hydrogen) atoms. The number of hydrogen-bond acceptors (Lipinski definition) is 1. The monoisotopic (exact) mass is 180 g/mol. The predicted octanol–water partition coefficient (Wildman–Crippen LogP) is 2.31. The molecule has 0 aliphatic heterocycles. The Morgan fingerprint density at radius 1 is 1.54 bits per heavy atom. The smallest absolute Gasteiger partial charge is 0.331 e. The van der Waals surface area contributed by atoms with Crippen molar-refractivity contribution in [2.75, 3.05) is 0 Å². The maximum Gasteiger partial charge on any atom is 0.331 e. The van der Waals surface area contributed by atoms with Crippen molar-refractivity contribution < 1.29 is 14.3 Å². The van der Waals surface area contributed by atoms with E-state index in [1.807, 2.05) is 0 Å². The zero-order valence-electron chi connectivity index (χ0n) is 7.12. The van der Waals surface area contributed by atoms with Gasteiger partial charge in [0.1, 0.15) is 5.82 Å². The molecule has 0 spiro atoms. The molecular weight excluding hydrogens is 171 g/mol. The van der Waals surface area contributed by atoms with Gasteiger partial charge in [0.05, 0.1) is 0 Å². The van der Waals surface area contributed by atoms with Crippen LogP contribution in [0.2, 0.25) is 0 Å². The highest BCUT2D eigenvalue weighted by Crippen LogP contribution is 2.08. The molecular formula is C10H9FO2. The second-order valence-electron chi connectivity index (χ2n) is 2.69. The average Bonchev–Trinajstić information content (AvgIpc) is 2.04. The van der Waals surface area contributed by atoms with Crippen molar-refractivity contribution in [1.29, 1.82) is 0 Å². The summed E-state index contributed by atoms with van der Waals surface area (Å²) in [4.78, 5) is 10.4. The van der Waals surface area contributed by atoms with Gasteiger partial charge in [-0.15, -0.1) is 0 Å². The van der Waals surface area contributed by atoms with E-state index >= 15 is 0 Å². The fraction of sp³-hybridized carbons (Fsp3) is 0.100. The van der Waals surface area contributed by atoms with Crippen LogP contribution in [0.1, 0.15) is 12.5 Å². The van der Waals surface area contributed by atoms with Gasteiger partial charge in [0.25, 0.3) is 0 Å². The van der Waals surface area contributed by atoms with Gasteiger partial charge >= 0.3 is 5.97 Å². The van der Waals surface area contributed by atoms with E-state index in [2.05, 4.69) is 0 Å². The van der Waals surface area contributed by atoms with Crippen molar-refractivity contribution in [3.8, 4) is 0 Å². The Morgan fingerprint density at radius 3 is 2.77 bits per heavy atom. The molecule has 0 fully saturated rings. The van der Waals surface area contributed by atoms with Crippen molar-refractivity contribution in [2.45, 2.75) is 6.92 Å². The molecule has 0 unspecified atom stereocenters. The van der Waals surface area contributed by atoms with Crippen LogP contribution in [0.3, 0.4) is 0 Å². The van der Waals surface area contributed by atoms with E-state index in [0.717, 1.165) is 0 Å². The number of hydrogen-bond donors (Lipinski definition) is 1. The highest BCUT2D eigenvalue weighted by Gasteiger charge is 1.99. The third-order valence-corrected chi connectivity index (χ3v) is 1.57. The summed E-state index contributed by atoms with van der Waals surface area (Å²) in [5.41, 5.74) is 0.741. The van der Waals surface area contributed by atoms with Crippen LogP contribution in [0, 0.1) is 5.82 Å². The fourth-order valence-corrected chi connectivity index (χ4v) is 0.908. The first-order valence-electron chi connectivity index (χ1n) is 3.77. The third-order valence-electron chi connectivity index (χ3n) is 1.57. The second-order valence-corrected chi connectivity index (χ2v) is 2.69. The van der Waals surface area contributed by atoms with Crippen molar-refractivity contribution >= 4 is 12.0 Å². The summed E-state index contributed by atoms with van der Waals surface area (Å²) in [5, 5.41) is 8.55. The molecule has 0 bridgehead atoms. The summed E-state index contributed by atoms with van der Waals surface area (Å²) < 4.78 is 12.6. The van der Waals surface area contributed by atoms with E-state index in [9.17, 15) is 9.18 Å². The molecule has 1 N–H and O–H groups in total. The lowest BCUT2D eigenvalue weighted by atomic mass is 10.1. The third kappa shape index (κ3) is 2.71. The van der Waals surface area contributed by atoms with E-state index < -0.39 is 5.97 Å². The summed E-state index contributed by atoms with van der Waals surface area (Å²) in [5.74, 6) is -1.36. The Kier molecular flexibility index (Phi) is 2.80. The number of carboxylic acid groups (broad SMARTS) is 1. The Morgan fingerprint density at radius 2 is 2.23 bits per heavy atom. The number of aliphatic carboxylic acids is 1. The lowest BCUT2D eigenvalue weighted by Gasteiger charge is -1.95. The molecule has 0 amide bonds. The van der Waals surface area contributed by atoms with Gasteiger partial charge in [-0.2, -0.15) is 0 Å². The lowest BCUT2D eigenvalue weighted by molar-refractivity contribution is -0.132. The Bertz CT molecular complexity index is 356. The number of benzene rings is 1. The molecule has 0 aromatic heterocycles. The molecule has 0 aliphatic rings. The van der Waals surface area contributed by atoms with Crippen LogP contribution < -0.4 is 0 Å². The van der Waals surface area contributed by atoms with Crippen molar-refractivity contribution in [2.24, 2.45) is 0 Å². The van der Waals surface area contributed by atoms with Crippen LogP contribution in [0.15, 0.2) is 29.8 Å². The van der Waals surface area contributed by atoms with Gasteiger partial charge in [-0.3, -0.25) is 0 Å². The van der Waals surface area contributed by atoms with Crippen LogP contribution in [-0.4, -0.2) is 11.1 Å². The second kappa shape index (κ2) is 3.85. The summed E-state index contributed by atoms with van der Waals surface area (Å²) in [6, 6.07) is 5.78. The maximum atomic E-state index is 12.6. The minimum atomic E-state index is -0.996. The minimum absolute atomic E-state index is 0.186. The van der Waals surface area contributed by atoms with Crippen LogP contribution in [-0.2, 0) is 4.79 Å². The van der Waals surface area contributed by atoms with Gasteiger partial charge in [-0.25, -0.2) is 9.18 Å². The van der Waals surface area contributed by atoms with Gasteiger partial charge in [-0.05, 0) is 30.7 Å². The highest BCUT2D eigenvalue weighted by molar-refractivity contribution is 5.91. The van der Waals surface area contributed by atoms with E-state index in [1.165, 1.54) is 31.2 Å². The van der Waals surface area contributed by atoms with E-state index in [1.54, 1.807) is 6.07 Å². The predicted molar refractivity (Wildman–Crippen MR) is 47.7 cm³/mol. The molecule has 0 saturated carbocycles. The lowest BCUT2D eigenvalue weighted by Crippen LogP contribution is -1.95. The van der Waals surface area contributed by atoms with Crippen LogP contribution in [0.5, 0.6) is 0 Å². The Labute approximate surface area is 75.3 Å². The molecule has 0 aliphatic carbocycles.